The molecule has 0 fully saturated rings. The molecule has 2 aromatic carbocycles. The van der Waals surface area contributed by atoms with Gasteiger partial charge in [-0.25, -0.2) is 4.39 Å². The van der Waals surface area contributed by atoms with Crippen LogP contribution in [0.4, 0.5) is 10.1 Å². The van der Waals surface area contributed by atoms with Gasteiger partial charge in [0.2, 0.25) is 0 Å². The zero-order valence-electron chi connectivity index (χ0n) is 14.8. The van der Waals surface area contributed by atoms with Crippen molar-refractivity contribution >= 4 is 11.6 Å². The molecule has 2 rings (SSSR count). The number of hydrogen-bond donors (Lipinski definition) is 1. The van der Waals surface area contributed by atoms with Gasteiger partial charge in [-0.1, -0.05) is 39.0 Å². The largest absolute Gasteiger partial charge is 0.481 e. The van der Waals surface area contributed by atoms with E-state index in [4.69, 9.17) is 4.74 Å². The third kappa shape index (κ3) is 4.57. The first-order chi connectivity index (χ1) is 11.2. The molecule has 128 valence electrons. The second-order valence-corrected chi connectivity index (χ2v) is 6.99. The summed E-state index contributed by atoms with van der Waals surface area (Å²) in [6.07, 6.45) is -0.685. The molecule has 1 N–H and O–H groups in total. The van der Waals surface area contributed by atoms with Gasteiger partial charge in [0.05, 0.1) is 0 Å². The Labute approximate surface area is 142 Å². The Kier molecular flexibility index (Phi) is 5.27. The maximum absolute atomic E-state index is 13.5. The lowest BCUT2D eigenvalue weighted by molar-refractivity contribution is -0.122. The number of ether oxygens (including phenoxy) is 1. The van der Waals surface area contributed by atoms with Crippen molar-refractivity contribution in [3.63, 3.8) is 0 Å². The number of rotatable bonds is 4. The highest BCUT2D eigenvalue weighted by atomic mass is 19.1. The van der Waals surface area contributed by atoms with Crippen LogP contribution in [0.2, 0.25) is 0 Å². The van der Waals surface area contributed by atoms with Gasteiger partial charge < -0.3 is 10.1 Å². The third-order valence-electron chi connectivity index (χ3n) is 3.84. The molecular weight excluding hydrogens is 305 g/mol. The number of anilines is 1. The molecule has 4 heteroatoms. The standard InChI is InChI=1S/C20H24FNO2/c1-13-6-9-16(12-18(13)21)22-19(23)14(2)24-17-10-7-15(8-11-17)20(3,4)5/h6-12,14H,1-5H3,(H,22,23). The van der Waals surface area contributed by atoms with Crippen LogP contribution in [0.15, 0.2) is 42.5 Å². The zero-order valence-corrected chi connectivity index (χ0v) is 14.8. The summed E-state index contributed by atoms with van der Waals surface area (Å²) < 4.78 is 19.2. The number of nitrogens with one attached hydrogen (secondary N) is 1. The predicted octanol–water partition coefficient (Wildman–Crippen LogP) is 4.84. The lowest BCUT2D eigenvalue weighted by atomic mass is 9.87. The number of amides is 1. The quantitative estimate of drug-likeness (QED) is 0.872. The molecule has 0 saturated carbocycles. The minimum Gasteiger partial charge on any atom is -0.481 e. The van der Waals surface area contributed by atoms with Gasteiger partial charge in [0.1, 0.15) is 11.6 Å². The lowest BCUT2D eigenvalue weighted by Gasteiger charge is -2.20. The average Bonchev–Trinajstić information content (AvgIpc) is 2.50. The molecule has 0 spiro atoms. The van der Waals surface area contributed by atoms with E-state index in [0.29, 0.717) is 17.0 Å². The van der Waals surface area contributed by atoms with E-state index in [0.717, 1.165) is 0 Å². The molecule has 3 nitrogen and oxygen atoms in total. The normalized spacial score (nSPS) is 12.6. The van der Waals surface area contributed by atoms with Crippen molar-refractivity contribution in [2.45, 2.75) is 46.1 Å². The van der Waals surface area contributed by atoms with Gasteiger partial charge in [-0.15, -0.1) is 0 Å². The predicted molar refractivity (Wildman–Crippen MR) is 95.0 cm³/mol. The van der Waals surface area contributed by atoms with Gasteiger partial charge in [0.25, 0.3) is 5.91 Å². The highest BCUT2D eigenvalue weighted by Crippen LogP contribution is 2.24. The molecule has 0 radical (unpaired) electrons. The summed E-state index contributed by atoms with van der Waals surface area (Å²) >= 11 is 0. The molecule has 0 aliphatic carbocycles. The van der Waals surface area contributed by atoms with Crippen LogP contribution in [0.3, 0.4) is 0 Å². The summed E-state index contributed by atoms with van der Waals surface area (Å²) in [5.41, 5.74) is 2.22. The monoisotopic (exact) mass is 329 g/mol. The molecule has 0 bridgehead atoms. The highest BCUT2D eigenvalue weighted by molar-refractivity contribution is 5.94. The number of hydrogen-bond acceptors (Lipinski definition) is 2. The van der Waals surface area contributed by atoms with Crippen molar-refractivity contribution in [3.05, 3.63) is 59.4 Å². The Bertz CT molecular complexity index is 717. The van der Waals surface area contributed by atoms with Crippen molar-refractivity contribution < 1.29 is 13.9 Å². The fourth-order valence-electron chi connectivity index (χ4n) is 2.21. The maximum atomic E-state index is 13.5. The number of halogens is 1. The summed E-state index contributed by atoms with van der Waals surface area (Å²) in [6.45, 7) is 9.75. The van der Waals surface area contributed by atoms with Gasteiger partial charge in [-0.2, -0.15) is 0 Å². The molecule has 0 saturated heterocycles. The number of carbonyl (C=O) groups excluding carboxylic acids is 1. The van der Waals surface area contributed by atoms with Crippen molar-refractivity contribution in [2.24, 2.45) is 0 Å². The first-order valence-corrected chi connectivity index (χ1v) is 8.01. The number of aryl methyl sites for hydroxylation is 1. The van der Waals surface area contributed by atoms with Gasteiger partial charge in [0.15, 0.2) is 6.10 Å². The van der Waals surface area contributed by atoms with Gasteiger partial charge in [-0.05, 0) is 54.7 Å². The summed E-state index contributed by atoms with van der Waals surface area (Å²) in [6, 6.07) is 12.3. The van der Waals surface area contributed by atoms with E-state index in [1.165, 1.54) is 11.6 Å². The minimum absolute atomic E-state index is 0.0665. The van der Waals surface area contributed by atoms with Crippen molar-refractivity contribution in [2.75, 3.05) is 5.32 Å². The van der Waals surface area contributed by atoms with Crippen LogP contribution >= 0.6 is 0 Å². The van der Waals surface area contributed by atoms with Crippen LogP contribution in [0, 0.1) is 12.7 Å². The molecule has 0 aliphatic rings. The van der Waals surface area contributed by atoms with E-state index in [9.17, 15) is 9.18 Å². The van der Waals surface area contributed by atoms with Crippen molar-refractivity contribution in [3.8, 4) is 5.75 Å². The molecule has 0 aromatic heterocycles. The maximum Gasteiger partial charge on any atom is 0.265 e. The first-order valence-electron chi connectivity index (χ1n) is 8.01. The smallest absolute Gasteiger partial charge is 0.265 e. The Hall–Kier alpha value is -2.36. The van der Waals surface area contributed by atoms with E-state index in [2.05, 4.69) is 26.1 Å². The van der Waals surface area contributed by atoms with E-state index in [-0.39, 0.29) is 17.1 Å². The van der Waals surface area contributed by atoms with Crippen molar-refractivity contribution in [1.82, 2.24) is 0 Å². The highest BCUT2D eigenvalue weighted by Gasteiger charge is 2.17. The van der Waals surface area contributed by atoms with E-state index in [1.807, 2.05) is 24.3 Å². The fraction of sp³-hybridized carbons (Fsp3) is 0.350. The Morgan fingerprint density at radius 2 is 1.75 bits per heavy atom. The minimum atomic E-state index is -0.685. The summed E-state index contributed by atoms with van der Waals surface area (Å²) in [4.78, 5) is 12.2. The number of benzene rings is 2. The number of carbonyl (C=O) groups is 1. The van der Waals surface area contributed by atoms with E-state index in [1.54, 1.807) is 26.0 Å². The van der Waals surface area contributed by atoms with Crippen LogP contribution in [-0.4, -0.2) is 12.0 Å². The van der Waals surface area contributed by atoms with Gasteiger partial charge in [0, 0.05) is 5.69 Å². The van der Waals surface area contributed by atoms with Crippen LogP contribution < -0.4 is 10.1 Å². The average molecular weight is 329 g/mol. The van der Waals surface area contributed by atoms with E-state index < -0.39 is 6.10 Å². The topological polar surface area (TPSA) is 38.3 Å². The van der Waals surface area contributed by atoms with Crippen molar-refractivity contribution in [1.29, 1.82) is 0 Å². The molecule has 24 heavy (non-hydrogen) atoms. The second kappa shape index (κ2) is 7.04. The summed E-state index contributed by atoms with van der Waals surface area (Å²) in [5, 5.41) is 2.66. The molecule has 0 aliphatic heterocycles. The van der Waals surface area contributed by atoms with Crippen LogP contribution in [0.5, 0.6) is 5.75 Å². The molecule has 1 amide bonds. The second-order valence-electron chi connectivity index (χ2n) is 6.99. The van der Waals surface area contributed by atoms with E-state index >= 15 is 0 Å². The summed E-state index contributed by atoms with van der Waals surface area (Å²) in [7, 11) is 0. The third-order valence-corrected chi connectivity index (χ3v) is 3.84. The van der Waals surface area contributed by atoms with Crippen LogP contribution in [-0.2, 0) is 10.2 Å². The Morgan fingerprint density at radius 3 is 2.29 bits per heavy atom. The van der Waals surface area contributed by atoms with Gasteiger partial charge >= 0.3 is 0 Å². The molecule has 2 aromatic rings. The van der Waals surface area contributed by atoms with Crippen LogP contribution in [0.25, 0.3) is 0 Å². The Balaban J connectivity index is 1.99. The first kappa shape index (κ1) is 18.0. The lowest BCUT2D eigenvalue weighted by Crippen LogP contribution is -2.30. The van der Waals surface area contributed by atoms with Crippen LogP contribution in [0.1, 0.15) is 38.8 Å². The SMILES string of the molecule is Cc1ccc(NC(=O)C(C)Oc2ccc(C(C)(C)C)cc2)cc1F. The molecule has 0 heterocycles. The Morgan fingerprint density at radius 1 is 1.12 bits per heavy atom. The molecule has 1 unspecified atom stereocenters. The summed E-state index contributed by atoms with van der Waals surface area (Å²) in [5.74, 6) is -0.0435. The zero-order chi connectivity index (χ0) is 17.9. The fourth-order valence-corrected chi connectivity index (χ4v) is 2.21. The van der Waals surface area contributed by atoms with Gasteiger partial charge in [-0.3, -0.25) is 4.79 Å². The molecular formula is C20H24FNO2. The molecule has 1 atom stereocenters.